The zero-order chi connectivity index (χ0) is 20.1. The molecule has 4 rings (SSSR count). The van der Waals surface area contributed by atoms with Crippen LogP contribution in [0.3, 0.4) is 0 Å². The monoisotopic (exact) mass is 413 g/mol. The second-order valence-electron chi connectivity index (χ2n) is 7.07. The van der Waals surface area contributed by atoms with Gasteiger partial charge in [-0.15, -0.1) is 10.2 Å². The first-order valence-corrected chi connectivity index (χ1v) is 11.2. The SMILES string of the molecule is CCN(C(=O)CSc1nnc(N2CCOCC2)n1-c1ccccc1)C1=CCCC1. The summed E-state index contributed by atoms with van der Waals surface area (Å²) in [5, 5.41) is 9.63. The third-order valence-electron chi connectivity index (χ3n) is 5.23. The minimum Gasteiger partial charge on any atom is -0.378 e. The number of allylic oxidation sites excluding steroid dienone is 2. The minimum absolute atomic E-state index is 0.126. The Kier molecular flexibility index (Phi) is 6.51. The van der Waals surface area contributed by atoms with Gasteiger partial charge in [-0.05, 0) is 38.3 Å². The third kappa shape index (κ3) is 4.48. The molecular formula is C21H27N5O2S. The van der Waals surface area contributed by atoms with Crippen molar-refractivity contribution < 1.29 is 9.53 Å². The van der Waals surface area contributed by atoms with E-state index in [0.29, 0.717) is 25.5 Å². The summed E-state index contributed by atoms with van der Waals surface area (Å²) in [4.78, 5) is 17.0. The molecule has 1 aromatic heterocycles. The van der Waals surface area contributed by atoms with Crippen LogP contribution in [0.2, 0.25) is 0 Å². The number of hydrogen-bond acceptors (Lipinski definition) is 6. The normalized spacial score (nSPS) is 16.7. The topological polar surface area (TPSA) is 63.5 Å². The highest BCUT2D eigenvalue weighted by Gasteiger charge is 2.24. The fourth-order valence-corrected chi connectivity index (χ4v) is 4.59. The lowest BCUT2D eigenvalue weighted by atomic mass is 10.3. The van der Waals surface area contributed by atoms with Crippen LogP contribution in [0.25, 0.3) is 5.69 Å². The van der Waals surface area contributed by atoms with E-state index in [-0.39, 0.29) is 5.91 Å². The van der Waals surface area contributed by atoms with Gasteiger partial charge in [0, 0.05) is 25.3 Å². The van der Waals surface area contributed by atoms with Crippen molar-refractivity contribution in [3.63, 3.8) is 0 Å². The van der Waals surface area contributed by atoms with E-state index in [0.717, 1.165) is 54.8 Å². The predicted molar refractivity (Wildman–Crippen MR) is 114 cm³/mol. The van der Waals surface area contributed by atoms with Crippen LogP contribution in [0.15, 0.2) is 47.3 Å². The maximum Gasteiger partial charge on any atom is 0.237 e. The minimum atomic E-state index is 0.126. The Morgan fingerprint density at radius 3 is 2.69 bits per heavy atom. The molecule has 0 unspecified atom stereocenters. The Hall–Kier alpha value is -2.32. The first-order valence-electron chi connectivity index (χ1n) is 10.2. The van der Waals surface area contributed by atoms with Gasteiger partial charge < -0.3 is 14.5 Å². The molecule has 1 amide bonds. The van der Waals surface area contributed by atoms with Gasteiger partial charge in [-0.1, -0.05) is 36.0 Å². The van der Waals surface area contributed by atoms with Crippen molar-refractivity contribution in [2.75, 3.05) is 43.5 Å². The lowest BCUT2D eigenvalue weighted by Gasteiger charge is -2.28. The van der Waals surface area contributed by atoms with Gasteiger partial charge in [0.05, 0.1) is 24.7 Å². The van der Waals surface area contributed by atoms with Gasteiger partial charge in [0.15, 0.2) is 5.16 Å². The zero-order valence-electron chi connectivity index (χ0n) is 16.8. The molecule has 29 heavy (non-hydrogen) atoms. The number of amides is 1. The van der Waals surface area contributed by atoms with Crippen LogP contribution in [0.4, 0.5) is 5.95 Å². The second-order valence-corrected chi connectivity index (χ2v) is 8.01. The number of hydrogen-bond donors (Lipinski definition) is 0. The molecule has 0 bridgehead atoms. The van der Waals surface area contributed by atoms with E-state index in [4.69, 9.17) is 4.74 Å². The number of anilines is 1. The molecule has 0 saturated carbocycles. The second kappa shape index (κ2) is 9.45. The third-order valence-corrected chi connectivity index (χ3v) is 6.14. The number of aromatic nitrogens is 3. The number of para-hydroxylation sites is 1. The summed E-state index contributed by atoms with van der Waals surface area (Å²) < 4.78 is 7.53. The van der Waals surface area contributed by atoms with E-state index in [1.807, 2.05) is 46.7 Å². The first kappa shape index (κ1) is 20.0. The van der Waals surface area contributed by atoms with Crippen LogP contribution in [-0.4, -0.2) is 64.2 Å². The summed E-state index contributed by atoms with van der Waals surface area (Å²) in [5.41, 5.74) is 2.16. The molecule has 2 aromatic rings. The number of nitrogens with zero attached hydrogens (tertiary/aromatic N) is 5. The van der Waals surface area contributed by atoms with Crippen LogP contribution in [0.1, 0.15) is 26.2 Å². The van der Waals surface area contributed by atoms with E-state index in [9.17, 15) is 4.79 Å². The summed E-state index contributed by atoms with van der Waals surface area (Å²) in [6.45, 7) is 5.67. The number of benzene rings is 1. The summed E-state index contributed by atoms with van der Waals surface area (Å²) in [5.74, 6) is 1.28. The molecule has 1 aliphatic heterocycles. The van der Waals surface area contributed by atoms with E-state index < -0.39 is 0 Å². The van der Waals surface area contributed by atoms with Crippen LogP contribution >= 0.6 is 11.8 Å². The van der Waals surface area contributed by atoms with Crippen molar-refractivity contribution in [3.8, 4) is 5.69 Å². The molecule has 1 fully saturated rings. The maximum absolute atomic E-state index is 12.9. The number of ether oxygens (including phenoxy) is 1. The van der Waals surface area contributed by atoms with Gasteiger partial charge in [-0.2, -0.15) is 0 Å². The smallest absolute Gasteiger partial charge is 0.237 e. The van der Waals surface area contributed by atoms with E-state index in [1.165, 1.54) is 11.8 Å². The number of thioether (sulfide) groups is 1. The quantitative estimate of drug-likeness (QED) is 0.650. The molecule has 1 aromatic carbocycles. The fraction of sp³-hybridized carbons (Fsp3) is 0.476. The van der Waals surface area contributed by atoms with Crippen LogP contribution < -0.4 is 4.90 Å². The molecule has 1 aliphatic carbocycles. The molecule has 154 valence electrons. The van der Waals surface area contributed by atoms with Crippen molar-refractivity contribution in [1.82, 2.24) is 19.7 Å². The summed E-state index contributed by atoms with van der Waals surface area (Å²) >= 11 is 1.45. The molecule has 2 aliphatic rings. The number of carbonyl (C=O) groups excluding carboxylic acids is 1. The Morgan fingerprint density at radius 2 is 2.00 bits per heavy atom. The zero-order valence-corrected chi connectivity index (χ0v) is 17.6. The van der Waals surface area contributed by atoms with Gasteiger partial charge in [0.1, 0.15) is 0 Å². The Balaban J connectivity index is 1.55. The fourth-order valence-electron chi connectivity index (χ4n) is 3.77. The Morgan fingerprint density at radius 1 is 1.21 bits per heavy atom. The van der Waals surface area contributed by atoms with Gasteiger partial charge >= 0.3 is 0 Å². The molecule has 1 saturated heterocycles. The Labute approximate surface area is 175 Å². The number of rotatable bonds is 7. The van der Waals surface area contributed by atoms with Crippen LogP contribution in [0.5, 0.6) is 0 Å². The summed E-state index contributed by atoms with van der Waals surface area (Å²) in [6.07, 6.45) is 5.38. The van der Waals surface area contributed by atoms with E-state index in [1.54, 1.807) is 0 Å². The molecule has 0 radical (unpaired) electrons. The average molecular weight is 414 g/mol. The molecule has 7 nitrogen and oxygen atoms in total. The van der Waals surface area contributed by atoms with Crippen molar-refractivity contribution in [3.05, 3.63) is 42.1 Å². The van der Waals surface area contributed by atoms with Crippen molar-refractivity contribution in [2.45, 2.75) is 31.3 Å². The van der Waals surface area contributed by atoms with Crippen molar-refractivity contribution in [1.29, 1.82) is 0 Å². The molecule has 8 heteroatoms. The first-order chi connectivity index (χ1) is 14.3. The lowest BCUT2D eigenvalue weighted by Crippen LogP contribution is -2.37. The summed E-state index contributed by atoms with van der Waals surface area (Å²) in [6, 6.07) is 10.1. The highest BCUT2D eigenvalue weighted by molar-refractivity contribution is 7.99. The van der Waals surface area contributed by atoms with E-state index >= 15 is 0 Å². The Bertz CT molecular complexity index is 861. The molecule has 0 atom stereocenters. The highest BCUT2D eigenvalue weighted by atomic mass is 32.2. The standard InChI is InChI=1S/C21H27N5O2S/c1-2-25(17-8-6-7-9-17)19(27)16-29-21-23-22-20(24-12-14-28-15-13-24)26(21)18-10-4-3-5-11-18/h3-5,8,10-11H,2,6-7,9,12-16H2,1H3. The van der Waals surface area contributed by atoms with Gasteiger partial charge in [0.2, 0.25) is 11.9 Å². The summed E-state index contributed by atoms with van der Waals surface area (Å²) in [7, 11) is 0. The van der Waals surface area contributed by atoms with Crippen molar-refractivity contribution in [2.24, 2.45) is 0 Å². The maximum atomic E-state index is 12.9. The molecule has 2 heterocycles. The molecule has 0 N–H and O–H groups in total. The lowest BCUT2D eigenvalue weighted by molar-refractivity contribution is -0.126. The predicted octanol–water partition coefficient (Wildman–Crippen LogP) is 3.11. The van der Waals surface area contributed by atoms with Crippen LogP contribution in [0, 0.1) is 0 Å². The molecular weight excluding hydrogens is 386 g/mol. The van der Waals surface area contributed by atoms with Gasteiger partial charge in [-0.3, -0.25) is 9.36 Å². The van der Waals surface area contributed by atoms with Crippen molar-refractivity contribution >= 4 is 23.6 Å². The van der Waals surface area contributed by atoms with Gasteiger partial charge in [-0.25, -0.2) is 0 Å². The van der Waals surface area contributed by atoms with E-state index in [2.05, 4.69) is 21.2 Å². The number of morpholine rings is 1. The average Bonchev–Trinajstić information content (AvgIpc) is 3.44. The molecule has 0 spiro atoms. The number of carbonyl (C=O) groups is 1. The van der Waals surface area contributed by atoms with Gasteiger partial charge in [0.25, 0.3) is 0 Å². The van der Waals surface area contributed by atoms with Crippen LogP contribution in [-0.2, 0) is 9.53 Å². The highest BCUT2D eigenvalue weighted by Crippen LogP contribution is 2.28. The largest absolute Gasteiger partial charge is 0.378 e.